The lowest BCUT2D eigenvalue weighted by molar-refractivity contribution is -0.402. The minimum atomic E-state index is -4.07. The summed E-state index contributed by atoms with van der Waals surface area (Å²) in [7, 11) is -4.07. The molecule has 0 spiro atoms. The van der Waals surface area contributed by atoms with E-state index >= 15 is 0 Å². The molecule has 0 atom stereocenters. The Morgan fingerprint density at radius 1 is 1.09 bits per heavy atom. The first-order valence-electron chi connectivity index (χ1n) is 9.96. The predicted molar refractivity (Wildman–Crippen MR) is 123 cm³/mol. The maximum Gasteiger partial charge on any atom is 0.433 e. The predicted octanol–water partition coefficient (Wildman–Crippen LogP) is 4.49. The van der Waals surface area contributed by atoms with Crippen molar-refractivity contribution < 1.29 is 22.6 Å². The molecule has 33 heavy (non-hydrogen) atoms. The minimum Gasteiger partial charge on any atom is -0.395 e. The number of para-hydroxylation sites is 1. The summed E-state index contributed by atoms with van der Waals surface area (Å²) in [4.78, 5) is 24.4. The van der Waals surface area contributed by atoms with Gasteiger partial charge in [0.2, 0.25) is 0 Å². The number of benzene rings is 2. The largest absolute Gasteiger partial charge is 0.433 e. The molecule has 0 radical (unpaired) electrons. The Bertz CT molecular complexity index is 1320. The Morgan fingerprint density at radius 2 is 1.82 bits per heavy atom. The molecule has 0 saturated carbocycles. The molecule has 3 aromatic rings. The fraction of sp³-hybridized carbons (Fsp3) is 0.190. The van der Waals surface area contributed by atoms with E-state index in [9.17, 15) is 23.3 Å². The van der Waals surface area contributed by atoms with Gasteiger partial charge in [-0.1, -0.05) is 23.7 Å². The lowest BCUT2D eigenvalue weighted by Crippen LogP contribution is -2.23. The van der Waals surface area contributed by atoms with E-state index in [-0.39, 0.29) is 27.1 Å². The monoisotopic (exact) mass is 490 g/mol. The Balaban J connectivity index is 1.67. The summed E-state index contributed by atoms with van der Waals surface area (Å²) in [5.41, 5.74) is 0.907. The summed E-state index contributed by atoms with van der Waals surface area (Å²) in [6.07, 6.45) is 1.88. The number of carbonyl (C=O) groups excluding carboxylic acids is 1. The Morgan fingerprint density at radius 3 is 2.48 bits per heavy atom. The van der Waals surface area contributed by atoms with Crippen molar-refractivity contribution in [2.45, 2.75) is 17.7 Å². The molecule has 10 nitrogen and oxygen atoms in total. The van der Waals surface area contributed by atoms with Gasteiger partial charge in [0.25, 0.3) is 15.9 Å². The molecule has 1 aliphatic rings. The van der Waals surface area contributed by atoms with Gasteiger partial charge in [0.15, 0.2) is 5.76 Å². The number of furan rings is 1. The molecular formula is C21H19ClN4O6S. The molecule has 0 bridgehead atoms. The maximum atomic E-state index is 13.3. The summed E-state index contributed by atoms with van der Waals surface area (Å²) in [6, 6.07) is 13.2. The normalized spacial score (nSPS) is 13.7. The second-order valence-corrected chi connectivity index (χ2v) is 9.37. The standard InChI is InChI=1S/C21H19ClN4O6S/c22-15-5-1-2-6-16(15)24-33(30,31)19-13-14(7-8-17(19)25-11-3-4-12-25)23-21(27)18-9-10-20(32-18)26(28)29/h1-2,5-10,13,24H,3-4,11-12H2,(H,23,27). The van der Waals surface area contributed by atoms with E-state index in [4.69, 9.17) is 16.0 Å². The van der Waals surface area contributed by atoms with E-state index in [1.807, 2.05) is 4.90 Å². The van der Waals surface area contributed by atoms with Crippen LogP contribution in [0, 0.1) is 10.1 Å². The summed E-state index contributed by atoms with van der Waals surface area (Å²) in [6.45, 7) is 1.41. The van der Waals surface area contributed by atoms with Crippen LogP contribution in [0.15, 0.2) is 63.9 Å². The van der Waals surface area contributed by atoms with Crippen molar-refractivity contribution in [3.8, 4) is 0 Å². The lowest BCUT2D eigenvalue weighted by Gasteiger charge is -2.22. The van der Waals surface area contributed by atoms with Gasteiger partial charge in [0.05, 0.1) is 22.5 Å². The van der Waals surface area contributed by atoms with Gasteiger partial charge in [0, 0.05) is 18.8 Å². The van der Waals surface area contributed by atoms with Crippen LogP contribution in [-0.4, -0.2) is 32.3 Å². The van der Waals surface area contributed by atoms with Crippen LogP contribution in [0.1, 0.15) is 23.4 Å². The highest BCUT2D eigenvalue weighted by molar-refractivity contribution is 7.93. The lowest BCUT2D eigenvalue weighted by atomic mass is 10.2. The summed E-state index contributed by atoms with van der Waals surface area (Å²) < 4.78 is 34.0. The molecule has 1 aliphatic heterocycles. The molecule has 2 N–H and O–H groups in total. The van der Waals surface area contributed by atoms with Crippen molar-refractivity contribution in [2.75, 3.05) is 28.0 Å². The van der Waals surface area contributed by atoms with Crippen LogP contribution in [0.2, 0.25) is 5.02 Å². The second kappa shape index (κ2) is 9.12. The van der Waals surface area contributed by atoms with Gasteiger partial charge < -0.3 is 14.6 Å². The number of nitrogens with zero attached hydrogens (tertiary/aromatic N) is 2. The number of amides is 1. The Labute approximate surface area is 194 Å². The van der Waals surface area contributed by atoms with E-state index in [0.29, 0.717) is 18.8 Å². The highest BCUT2D eigenvalue weighted by Gasteiger charge is 2.26. The number of hydrogen-bond acceptors (Lipinski definition) is 7. The molecule has 1 fully saturated rings. The van der Waals surface area contributed by atoms with Crippen LogP contribution < -0.4 is 14.9 Å². The zero-order valence-corrected chi connectivity index (χ0v) is 18.7. The number of rotatable bonds is 7. The van der Waals surface area contributed by atoms with Crippen LogP contribution in [0.3, 0.4) is 0 Å². The van der Waals surface area contributed by atoms with Crippen LogP contribution in [0.4, 0.5) is 22.9 Å². The number of halogens is 1. The fourth-order valence-electron chi connectivity index (χ4n) is 3.51. The molecular weight excluding hydrogens is 472 g/mol. The van der Waals surface area contributed by atoms with E-state index in [2.05, 4.69) is 10.0 Å². The Kier molecular flexibility index (Phi) is 6.25. The third-order valence-corrected chi connectivity index (χ3v) is 6.79. The van der Waals surface area contributed by atoms with Gasteiger partial charge in [-0.05, 0) is 49.2 Å². The molecule has 1 aromatic heterocycles. The molecule has 2 aromatic carbocycles. The van der Waals surface area contributed by atoms with Crippen molar-refractivity contribution in [2.24, 2.45) is 0 Å². The highest BCUT2D eigenvalue weighted by atomic mass is 35.5. The first kappa shape index (κ1) is 22.6. The quantitative estimate of drug-likeness (QED) is 0.368. The van der Waals surface area contributed by atoms with Crippen LogP contribution in [0.25, 0.3) is 0 Å². The number of anilines is 3. The first-order valence-corrected chi connectivity index (χ1v) is 11.8. The molecule has 12 heteroatoms. The molecule has 4 rings (SSSR count). The first-order chi connectivity index (χ1) is 15.7. The smallest absolute Gasteiger partial charge is 0.395 e. The van der Waals surface area contributed by atoms with Crippen molar-refractivity contribution in [1.29, 1.82) is 0 Å². The van der Waals surface area contributed by atoms with E-state index in [1.165, 1.54) is 12.1 Å². The number of nitro groups is 1. The average molecular weight is 491 g/mol. The van der Waals surface area contributed by atoms with Crippen LogP contribution >= 0.6 is 11.6 Å². The highest BCUT2D eigenvalue weighted by Crippen LogP contribution is 2.33. The fourth-order valence-corrected chi connectivity index (χ4v) is 5.08. The minimum absolute atomic E-state index is 0.0347. The zero-order chi connectivity index (χ0) is 23.6. The van der Waals surface area contributed by atoms with Crippen molar-refractivity contribution in [3.05, 3.63) is 75.5 Å². The Hall–Kier alpha value is -3.57. The molecule has 1 saturated heterocycles. The SMILES string of the molecule is O=C(Nc1ccc(N2CCCC2)c(S(=O)(=O)Nc2ccccc2Cl)c1)c1ccc([N+](=O)[O-])o1. The van der Waals surface area contributed by atoms with E-state index in [0.717, 1.165) is 18.9 Å². The van der Waals surface area contributed by atoms with Crippen LogP contribution in [0.5, 0.6) is 0 Å². The van der Waals surface area contributed by atoms with E-state index < -0.39 is 26.7 Å². The third kappa shape index (κ3) is 4.94. The molecule has 0 aliphatic carbocycles. The zero-order valence-electron chi connectivity index (χ0n) is 17.2. The second-order valence-electron chi connectivity index (χ2n) is 7.31. The van der Waals surface area contributed by atoms with Gasteiger partial charge in [-0.2, -0.15) is 0 Å². The van der Waals surface area contributed by atoms with Crippen LogP contribution in [-0.2, 0) is 10.0 Å². The average Bonchev–Trinajstić information content (AvgIpc) is 3.48. The number of carbonyl (C=O) groups is 1. The molecule has 1 amide bonds. The maximum absolute atomic E-state index is 13.3. The van der Waals surface area contributed by atoms with Gasteiger partial charge in [-0.3, -0.25) is 19.6 Å². The number of sulfonamides is 1. The van der Waals surface area contributed by atoms with Gasteiger partial charge in [-0.25, -0.2) is 8.42 Å². The topological polar surface area (TPSA) is 135 Å². The van der Waals surface area contributed by atoms with Crippen molar-refractivity contribution in [3.63, 3.8) is 0 Å². The number of hydrogen-bond donors (Lipinski definition) is 2. The molecule has 172 valence electrons. The summed E-state index contributed by atoms with van der Waals surface area (Å²) in [5.74, 6) is -1.60. The summed E-state index contributed by atoms with van der Waals surface area (Å²) in [5, 5.41) is 13.5. The van der Waals surface area contributed by atoms with Gasteiger partial charge in [0.1, 0.15) is 9.82 Å². The number of nitrogens with one attached hydrogen (secondary N) is 2. The van der Waals surface area contributed by atoms with Crippen molar-refractivity contribution in [1.82, 2.24) is 0 Å². The molecule has 0 unspecified atom stereocenters. The summed E-state index contributed by atoms with van der Waals surface area (Å²) >= 11 is 6.12. The third-order valence-electron chi connectivity index (χ3n) is 5.07. The van der Waals surface area contributed by atoms with Gasteiger partial charge >= 0.3 is 5.88 Å². The van der Waals surface area contributed by atoms with Crippen molar-refractivity contribution >= 4 is 50.5 Å². The van der Waals surface area contributed by atoms with E-state index in [1.54, 1.807) is 36.4 Å². The molecule has 2 heterocycles. The van der Waals surface area contributed by atoms with Gasteiger partial charge in [-0.15, -0.1) is 0 Å².